The smallest absolute Gasteiger partial charge is 0.0380 e. The van der Waals surface area contributed by atoms with Gasteiger partial charge in [-0.05, 0) is 30.0 Å². The van der Waals surface area contributed by atoms with E-state index in [0.29, 0.717) is 0 Å². The minimum Gasteiger partial charge on any atom is -0.398 e. The van der Waals surface area contributed by atoms with E-state index in [-0.39, 0.29) is 32.7 Å². The molecule has 75 valence electrons. The second-order valence-corrected chi connectivity index (χ2v) is 3.48. The summed E-state index contributed by atoms with van der Waals surface area (Å²) in [4.78, 5) is 0. The number of allylic oxidation sites excluding steroid dienone is 4. The van der Waals surface area contributed by atoms with Crippen LogP contribution in [0.15, 0.2) is 36.4 Å². The maximum absolute atomic E-state index is 5.97. The molecule has 1 aliphatic rings. The first-order valence-electron chi connectivity index (χ1n) is 4.86. The largest absolute Gasteiger partial charge is 0.398 e. The van der Waals surface area contributed by atoms with E-state index in [9.17, 15) is 0 Å². The predicted octanol–water partition coefficient (Wildman–Crippen LogP) is 2.99. The Morgan fingerprint density at radius 1 is 1.33 bits per heavy atom. The molecule has 1 nitrogen and oxygen atoms in total. The van der Waals surface area contributed by atoms with Gasteiger partial charge in [0, 0.05) is 38.4 Å². The summed E-state index contributed by atoms with van der Waals surface area (Å²) in [5.41, 5.74) is 10.6. The quantitative estimate of drug-likeness (QED) is 0.618. The molecule has 0 aliphatic heterocycles. The number of aryl methyl sites for hydroxylation is 1. The normalized spacial score (nSPS) is 14.3. The summed E-state index contributed by atoms with van der Waals surface area (Å²) >= 11 is 0. The van der Waals surface area contributed by atoms with Crippen LogP contribution >= 0.6 is 0 Å². The maximum Gasteiger partial charge on any atom is 0.0380 e. The van der Waals surface area contributed by atoms with Crippen molar-refractivity contribution in [3.8, 4) is 0 Å². The van der Waals surface area contributed by atoms with E-state index < -0.39 is 0 Å². The number of hydrogen-bond donors (Lipinski definition) is 1. The molecule has 0 amide bonds. The number of fused-ring (bicyclic) bond motifs is 1. The molecule has 0 unspecified atom stereocenters. The van der Waals surface area contributed by atoms with Crippen LogP contribution in [-0.4, -0.2) is 0 Å². The molecule has 0 atom stereocenters. The van der Waals surface area contributed by atoms with Crippen LogP contribution < -0.4 is 5.73 Å². The second-order valence-electron chi connectivity index (χ2n) is 3.48. The van der Waals surface area contributed by atoms with Gasteiger partial charge in [0.1, 0.15) is 0 Å². The molecule has 15 heavy (non-hydrogen) atoms. The van der Waals surface area contributed by atoms with Gasteiger partial charge in [-0.2, -0.15) is 0 Å². The van der Waals surface area contributed by atoms with Crippen molar-refractivity contribution in [1.82, 2.24) is 0 Å². The molecule has 0 spiro atoms. The average Bonchev–Trinajstić information content (AvgIpc) is 2.19. The standard InChI is InChI=1S/C13H14N.Y/c1-2-5-10-6-3-7-11-8-4-9-12(14)13(10)11;/h2,4-6,8-9H,1,3,7,14H2;/q-1;. The molecule has 1 radical (unpaired) electrons. The number of nitrogen functional groups attached to an aromatic ring is 1. The molecule has 0 aromatic heterocycles. The molecule has 0 fully saturated rings. The van der Waals surface area contributed by atoms with Crippen LogP contribution in [0.3, 0.4) is 0 Å². The Balaban J connectivity index is 0.00000112. The Morgan fingerprint density at radius 3 is 2.87 bits per heavy atom. The molecule has 2 heteroatoms. The fourth-order valence-electron chi connectivity index (χ4n) is 1.94. The molecule has 1 aliphatic carbocycles. The molecule has 1 aromatic rings. The van der Waals surface area contributed by atoms with Crippen LogP contribution in [0.1, 0.15) is 17.5 Å². The molecule has 0 heterocycles. The SMILES string of the molecule is [CH2-]C=CC1=CCCc2cccc(N)c21.[Y]. The van der Waals surface area contributed by atoms with Gasteiger partial charge in [0.2, 0.25) is 0 Å². The maximum atomic E-state index is 5.97. The Morgan fingerprint density at radius 2 is 2.13 bits per heavy atom. The van der Waals surface area contributed by atoms with E-state index in [0.717, 1.165) is 18.5 Å². The van der Waals surface area contributed by atoms with Crippen molar-refractivity contribution in [3.63, 3.8) is 0 Å². The van der Waals surface area contributed by atoms with Gasteiger partial charge in [0.25, 0.3) is 0 Å². The van der Waals surface area contributed by atoms with E-state index >= 15 is 0 Å². The summed E-state index contributed by atoms with van der Waals surface area (Å²) in [6, 6.07) is 6.12. The number of rotatable bonds is 1. The van der Waals surface area contributed by atoms with Crippen LogP contribution in [0.5, 0.6) is 0 Å². The van der Waals surface area contributed by atoms with E-state index in [2.05, 4.69) is 19.1 Å². The van der Waals surface area contributed by atoms with E-state index in [1.165, 1.54) is 16.7 Å². The van der Waals surface area contributed by atoms with E-state index in [1.807, 2.05) is 24.3 Å². The molecule has 0 saturated heterocycles. The van der Waals surface area contributed by atoms with Crippen LogP contribution in [0.25, 0.3) is 5.57 Å². The molecular formula is C13H14NY-. The van der Waals surface area contributed by atoms with Crippen LogP contribution in [0.2, 0.25) is 0 Å². The molecular weight excluding hydrogens is 259 g/mol. The Hall–Kier alpha value is -0.526. The number of nitrogens with two attached hydrogens (primary N) is 1. The van der Waals surface area contributed by atoms with Crippen molar-refractivity contribution in [2.75, 3.05) is 5.73 Å². The Kier molecular flexibility index (Phi) is 4.62. The fourth-order valence-corrected chi connectivity index (χ4v) is 1.94. The fraction of sp³-hybridized carbons (Fsp3) is 0.154. The van der Waals surface area contributed by atoms with E-state index in [1.54, 1.807) is 0 Å². The van der Waals surface area contributed by atoms with Crippen molar-refractivity contribution in [1.29, 1.82) is 0 Å². The third-order valence-corrected chi connectivity index (χ3v) is 2.55. The number of hydrogen-bond acceptors (Lipinski definition) is 1. The zero-order chi connectivity index (χ0) is 9.97. The van der Waals surface area contributed by atoms with Crippen LogP contribution in [0, 0.1) is 6.92 Å². The summed E-state index contributed by atoms with van der Waals surface area (Å²) in [7, 11) is 0. The van der Waals surface area contributed by atoms with Crippen LogP contribution in [0.4, 0.5) is 5.69 Å². The summed E-state index contributed by atoms with van der Waals surface area (Å²) in [6.45, 7) is 3.72. The monoisotopic (exact) mass is 273 g/mol. The summed E-state index contributed by atoms with van der Waals surface area (Å²) in [6.07, 6.45) is 8.24. The summed E-state index contributed by atoms with van der Waals surface area (Å²) in [5, 5.41) is 0. The van der Waals surface area contributed by atoms with Gasteiger partial charge in [-0.15, -0.1) is 5.57 Å². The van der Waals surface area contributed by atoms with Gasteiger partial charge >= 0.3 is 0 Å². The predicted molar refractivity (Wildman–Crippen MR) is 61.6 cm³/mol. The van der Waals surface area contributed by atoms with Crippen molar-refractivity contribution in [2.45, 2.75) is 12.8 Å². The Bertz CT molecular complexity index is 405. The first-order valence-corrected chi connectivity index (χ1v) is 4.86. The first-order chi connectivity index (χ1) is 6.83. The van der Waals surface area contributed by atoms with Crippen LogP contribution in [-0.2, 0) is 39.1 Å². The molecule has 1 aromatic carbocycles. The van der Waals surface area contributed by atoms with Crippen molar-refractivity contribution in [3.05, 3.63) is 54.5 Å². The number of anilines is 1. The molecule has 2 N–H and O–H groups in total. The molecule has 0 saturated carbocycles. The minimum absolute atomic E-state index is 0. The van der Waals surface area contributed by atoms with E-state index in [4.69, 9.17) is 5.73 Å². The molecule has 0 bridgehead atoms. The van der Waals surface area contributed by atoms with Gasteiger partial charge in [0.15, 0.2) is 0 Å². The second kappa shape index (κ2) is 5.53. The Labute approximate surface area is 116 Å². The van der Waals surface area contributed by atoms with Gasteiger partial charge in [-0.25, -0.2) is 19.1 Å². The molecule has 2 rings (SSSR count). The number of benzene rings is 1. The third-order valence-electron chi connectivity index (χ3n) is 2.55. The topological polar surface area (TPSA) is 26.0 Å². The third kappa shape index (κ3) is 2.53. The van der Waals surface area contributed by atoms with Gasteiger partial charge < -0.3 is 5.73 Å². The zero-order valence-electron chi connectivity index (χ0n) is 8.74. The summed E-state index contributed by atoms with van der Waals surface area (Å²) < 4.78 is 0. The van der Waals surface area contributed by atoms with Crippen molar-refractivity contribution in [2.24, 2.45) is 0 Å². The first kappa shape index (κ1) is 12.5. The van der Waals surface area contributed by atoms with Crippen molar-refractivity contribution >= 4 is 11.3 Å². The van der Waals surface area contributed by atoms with Crippen molar-refractivity contribution < 1.29 is 32.7 Å². The van der Waals surface area contributed by atoms with Gasteiger partial charge in [-0.1, -0.05) is 18.2 Å². The average molecular weight is 273 g/mol. The zero-order valence-corrected chi connectivity index (χ0v) is 11.6. The van der Waals surface area contributed by atoms with Gasteiger partial charge in [0.05, 0.1) is 0 Å². The minimum atomic E-state index is 0. The van der Waals surface area contributed by atoms with Gasteiger partial charge in [-0.3, -0.25) is 0 Å². The summed E-state index contributed by atoms with van der Waals surface area (Å²) in [5.74, 6) is 0.